The second kappa shape index (κ2) is 4.04. The van der Waals surface area contributed by atoms with E-state index >= 15 is 0 Å². The first-order valence-corrected chi connectivity index (χ1v) is 4.36. The molecular formula is C8H18N2O. The number of rotatable bonds is 2. The molecule has 1 unspecified atom stereocenters. The zero-order valence-electron chi connectivity index (χ0n) is 7.16. The van der Waals surface area contributed by atoms with Crippen molar-refractivity contribution in [1.29, 1.82) is 0 Å². The summed E-state index contributed by atoms with van der Waals surface area (Å²) in [6, 6.07) is 0.475. The number of nitrogens with zero attached hydrogens (tertiary/aromatic N) is 1. The van der Waals surface area contributed by atoms with Gasteiger partial charge in [0.25, 0.3) is 0 Å². The van der Waals surface area contributed by atoms with E-state index in [-0.39, 0.29) is 6.10 Å². The number of nitrogens with two attached hydrogens (primary N) is 1. The smallest absolute Gasteiger partial charge is 0.0564 e. The fourth-order valence-corrected chi connectivity index (χ4v) is 1.48. The van der Waals surface area contributed by atoms with Crippen LogP contribution in [0.3, 0.4) is 0 Å². The Bertz CT molecular complexity index is 111. The molecule has 0 saturated carbocycles. The quantitative estimate of drug-likeness (QED) is 0.584. The normalized spacial score (nSPS) is 25.4. The van der Waals surface area contributed by atoms with Crippen LogP contribution in [0, 0.1) is 0 Å². The van der Waals surface area contributed by atoms with Crippen molar-refractivity contribution < 1.29 is 5.11 Å². The van der Waals surface area contributed by atoms with Gasteiger partial charge in [-0.3, -0.25) is 4.90 Å². The summed E-state index contributed by atoms with van der Waals surface area (Å²) in [5, 5.41) is 9.22. The van der Waals surface area contributed by atoms with E-state index < -0.39 is 0 Å². The first-order valence-electron chi connectivity index (χ1n) is 4.36. The van der Waals surface area contributed by atoms with Crippen LogP contribution in [0.25, 0.3) is 0 Å². The minimum atomic E-state index is -0.0729. The van der Waals surface area contributed by atoms with Crippen molar-refractivity contribution in [2.75, 3.05) is 19.6 Å². The molecule has 3 N–H and O–H groups in total. The lowest BCUT2D eigenvalue weighted by Crippen LogP contribution is -2.44. The van der Waals surface area contributed by atoms with Crippen molar-refractivity contribution in [2.45, 2.75) is 31.9 Å². The maximum atomic E-state index is 9.22. The third-order valence-corrected chi connectivity index (χ3v) is 2.46. The highest BCUT2D eigenvalue weighted by molar-refractivity contribution is 4.75. The van der Waals surface area contributed by atoms with Crippen molar-refractivity contribution in [3.05, 3.63) is 0 Å². The van der Waals surface area contributed by atoms with E-state index in [0.29, 0.717) is 6.04 Å². The maximum Gasteiger partial charge on any atom is 0.0564 e. The van der Waals surface area contributed by atoms with Gasteiger partial charge in [-0.2, -0.15) is 0 Å². The van der Waals surface area contributed by atoms with Gasteiger partial charge in [0, 0.05) is 25.7 Å². The van der Waals surface area contributed by atoms with Crippen molar-refractivity contribution in [2.24, 2.45) is 5.73 Å². The van der Waals surface area contributed by atoms with Crippen molar-refractivity contribution in [1.82, 2.24) is 4.90 Å². The molecule has 1 aliphatic rings. The third-order valence-electron chi connectivity index (χ3n) is 2.46. The molecule has 0 aromatic rings. The topological polar surface area (TPSA) is 49.5 Å². The fourth-order valence-electron chi connectivity index (χ4n) is 1.48. The van der Waals surface area contributed by atoms with Crippen molar-refractivity contribution in [3.8, 4) is 0 Å². The predicted molar refractivity (Wildman–Crippen MR) is 45.3 cm³/mol. The van der Waals surface area contributed by atoms with Crippen LogP contribution in [0.4, 0.5) is 0 Å². The average Bonchev–Trinajstić information content (AvgIpc) is 2.05. The lowest BCUT2D eigenvalue weighted by atomic mass is 10.1. The monoisotopic (exact) mass is 158 g/mol. The highest BCUT2D eigenvalue weighted by Gasteiger charge is 2.19. The molecule has 1 heterocycles. The number of aliphatic hydroxyl groups excluding tert-OH is 1. The molecule has 0 amide bonds. The zero-order chi connectivity index (χ0) is 8.27. The molecule has 66 valence electrons. The van der Waals surface area contributed by atoms with Gasteiger partial charge in [-0.05, 0) is 19.8 Å². The average molecular weight is 158 g/mol. The van der Waals surface area contributed by atoms with Crippen LogP contribution < -0.4 is 5.73 Å². The zero-order valence-corrected chi connectivity index (χ0v) is 7.16. The highest BCUT2D eigenvalue weighted by Crippen LogP contribution is 2.11. The molecule has 1 saturated heterocycles. The lowest BCUT2D eigenvalue weighted by molar-refractivity contribution is 0.0665. The van der Waals surface area contributed by atoms with Gasteiger partial charge in [0.15, 0.2) is 0 Å². The van der Waals surface area contributed by atoms with Crippen LogP contribution in [-0.2, 0) is 0 Å². The summed E-state index contributed by atoms with van der Waals surface area (Å²) in [5.74, 6) is 0. The summed E-state index contributed by atoms with van der Waals surface area (Å²) < 4.78 is 0. The summed E-state index contributed by atoms with van der Waals surface area (Å²) in [6.45, 7) is 4.85. The largest absolute Gasteiger partial charge is 0.393 e. The van der Waals surface area contributed by atoms with E-state index in [2.05, 4.69) is 11.8 Å². The van der Waals surface area contributed by atoms with E-state index in [0.717, 1.165) is 32.5 Å². The van der Waals surface area contributed by atoms with Crippen LogP contribution >= 0.6 is 0 Å². The van der Waals surface area contributed by atoms with Gasteiger partial charge in [-0.25, -0.2) is 0 Å². The van der Waals surface area contributed by atoms with Crippen LogP contribution in [-0.4, -0.2) is 41.8 Å². The van der Waals surface area contributed by atoms with E-state index in [1.807, 2.05) is 0 Å². The Labute approximate surface area is 68.2 Å². The number of hydrogen-bond donors (Lipinski definition) is 2. The minimum absolute atomic E-state index is 0.0729. The third kappa shape index (κ3) is 2.43. The van der Waals surface area contributed by atoms with Crippen LogP contribution in [0.2, 0.25) is 0 Å². The Morgan fingerprint density at radius 2 is 2.09 bits per heavy atom. The second-order valence-corrected chi connectivity index (χ2v) is 3.35. The molecule has 11 heavy (non-hydrogen) atoms. The van der Waals surface area contributed by atoms with Gasteiger partial charge in [0.2, 0.25) is 0 Å². The van der Waals surface area contributed by atoms with E-state index in [4.69, 9.17) is 5.73 Å². The summed E-state index contributed by atoms with van der Waals surface area (Å²) in [6.07, 6.45) is 1.74. The van der Waals surface area contributed by atoms with Crippen LogP contribution in [0.1, 0.15) is 19.8 Å². The van der Waals surface area contributed by atoms with E-state index in [1.54, 1.807) is 0 Å². The Hall–Kier alpha value is -0.120. The molecule has 1 rings (SSSR count). The summed E-state index contributed by atoms with van der Waals surface area (Å²) >= 11 is 0. The SMILES string of the molecule is CC(CN)N1CCC(O)CC1. The van der Waals surface area contributed by atoms with Crippen molar-refractivity contribution in [3.63, 3.8) is 0 Å². The lowest BCUT2D eigenvalue weighted by Gasteiger charge is -2.33. The van der Waals surface area contributed by atoms with Gasteiger partial charge in [0.1, 0.15) is 0 Å². The van der Waals surface area contributed by atoms with Crippen LogP contribution in [0.5, 0.6) is 0 Å². The van der Waals surface area contributed by atoms with Gasteiger partial charge >= 0.3 is 0 Å². The Kier molecular flexibility index (Phi) is 3.30. The van der Waals surface area contributed by atoms with Crippen molar-refractivity contribution >= 4 is 0 Å². The minimum Gasteiger partial charge on any atom is -0.393 e. The first kappa shape index (κ1) is 8.97. The molecule has 1 aliphatic heterocycles. The Balaban J connectivity index is 2.27. The number of aliphatic hydroxyl groups is 1. The van der Waals surface area contributed by atoms with Crippen LogP contribution in [0.15, 0.2) is 0 Å². The molecule has 0 aromatic carbocycles. The van der Waals surface area contributed by atoms with Gasteiger partial charge in [0.05, 0.1) is 6.10 Å². The molecule has 1 fully saturated rings. The van der Waals surface area contributed by atoms with E-state index in [1.165, 1.54) is 0 Å². The molecule has 1 atom stereocenters. The molecule has 0 bridgehead atoms. The number of likely N-dealkylation sites (tertiary alicyclic amines) is 1. The molecule has 0 radical (unpaired) electrons. The molecule has 0 aliphatic carbocycles. The summed E-state index contributed by atoms with van der Waals surface area (Å²) in [7, 11) is 0. The predicted octanol–water partition coefficient (Wildman–Crippen LogP) is -0.210. The van der Waals surface area contributed by atoms with E-state index in [9.17, 15) is 5.11 Å². The molecule has 0 spiro atoms. The number of hydrogen-bond acceptors (Lipinski definition) is 3. The molecule has 3 nitrogen and oxygen atoms in total. The molecular weight excluding hydrogens is 140 g/mol. The molecule has 3 heteroatoms. The van der Waals surface area contributed by atoms with Gasteiger partial charge < -0.3 is 10.8 Å². The first-order chi connectivity index (χ1) is 5.24. The highest BCUT2D eigenvalue weighted by atomic mass is 16.3. The summed E-state index contributed by atoms with van der Waals surface area (Å²) in [4.78, 5) is 2.34. The number of piperidine rings is 1. The van der Waals surface area contributed by atoms with Gasteiger partial charge in [-0.1, -0.05) is 0 Å². The summed E-state index contributed by atoms with van der Waals surface area (Å²) in [5.41, 5.74) is 5.53. The maximum absolute atomic E-state index is 9.22. The Morgan fingerprint density at radius 3 is 2.55 bits per heavy atom. The molecule has 0 aromatic heterocycles. The van der Waals surface area contributed by atoms with Gasteiger partial charge in [-0.15, -0.1) is 0 Å². The Morgan fingerprint density at radius 1 is 1.55 bits per heavy atom. The second-order valence-electron chi connectivity index (χ2n) is 3.35. The standard InChI is InChI=1S/C8H18N2O/c1-7(6-9)10-4-2-8(11)3-5-10/h7-8,11H,2-6,9H2,1H3. The fraction of sp³-hybridized carbons (Fsp3) is 1.00.